The molecule has 0 saturated carbocycles. The maximum Gasteiger partial charge on any atom is 0.262 e. The van der Waals surface area contributed by atoms with Gasteiger partial charge >= 0.3 is 0 Å². The molecule has 5 aromatic rings. The Morgan fingerprint density at radius 2 is 1.83 bits per heavy atom. The Balaban J connectivity index is 1.43. The number of nitrogens with zero attached hydrogens (tertiary/aromatic N) is 3. The van der Waals surface area contributed by atoms with Crippen LogP contribution in [-0.2, 0) is 6.54 Å². The van der Waals surface area contributed by atoms with E-state index in [1.807, 2.05) is 66.0 Å². The first-order valence-electron chi connectivity index (χ1n) is 9.34. The molecule has 0 aliphatic carbocycles. The molecule has 0 atom stereocenters. The van der Waals surface area contributed by atoms with Gasteiger partial charge in [0, 0.05) is 15.8 Å². The smallest absolute Gasteiger partial charge is 0.262 e. The van der Waals surface area contributed by atoms with Crippen molar-refractivity contribution in [3.8, 4) is 26.8 Å². The molecule has 7 heteroatoms. The lowest BCUT2D eigenvalue weighted by Gasteiger charge is -2.02. The van der Waals surface area contributed by atoms with Crippen LogP contribution in [-0.4, -0.2) is 21.6 Å². The highest BCUT2D eigenvalue weighted by molar-refractivity contribution is 7.21. The van der Waals surface area contributed by atoms with E-state index < -0.39 is 0 Å². The van der Waals surface area contributed by atoms with Gasteiger partial charge in [-0.15, -0.1) is 22.7 Å². The van der Waals surface area contributed by atoms with E-state index in [0.717, 1.165) is 37.3 Å². The average Bonchev–Trinajstić information content (AvgIpc) is 3.44. The second-order valence-corrected chi connectivity index (χ2v) is 8.63. The first kappa shape index (κ1) is 18.7. The molecule has 0 fully saturated rings. The molecule has 5 rings (SSSR count). The third-order valence-corrected chi connectivity index (χ3v) is 6.83. The fourth-order valence-electron chi connectivity index (χ4n) is 3.24. The third-order valence-electron chi connectivity index (χ3n) is 4.80. The highest BCUT2D eigenvalue weighted by atomic mass is 32.1. The highest BCUT2D eigenvalue weighted by Gasteiger charge is 2.12. The number of benzene rings is 2. The Morgan fingerprint density at radius 3 is 2.60 bits per heavy atom. The van der Waals surface area contributed by atoms with Crippen molar-refractivity contribution in [1.82, 2.24) is 14.5 Å². The lowest BCUT2D eigenvalue weighted by Crippen LogP contribution is -2.20. The van der Waals surface area contributed by atoms with Gasteiger partial charge in [-0.3, -0.25) is 9.36 Å². The van der Waals surface area contributed by atoms with Gasteiger partial charge in [0.05, 0.1) is 31.1 Å². The van der Waals surface area contributed by atoms with E-state index in [1.165, 1.54) is 11.3 Å². The summed E-state index contributed by atoms with van der Waals surface area (Å²) in [5, 5.41) is 3.54. The summed E-state index contributed by atoms with van der Waals surface area (Å²) in [6.07, 6.45) is 1.61. The lowest BCUT2D eigenvalue weighted by molar-refractivity contribution is 0.415. The summed E-state index contributed by atoms with van der Waals surface area (Å²) in [7, 11) is 1.65. The zero-order chi connectivity index (χ0) is 20.5. The first-order valence-corrected chi connectivity index (χ1v) is 11.0. The van der Waals surface area contributed by atoms with E-state index in [9.17, 15) is 4.79 Å². The summed E-state index contributed by atoms with van der Waals surface area (Å²) >= 11 is 3.10. The molecule has 0 spiro atoms. The minimum absolute atomic E-state index is 0.0440. The number of fused-ring (bicyclic) bond motifs is 1. The van der Waals surface area contributed by atoms with E-state index in [4.69, 9.17) is 9.72 Å². The molecule has 0 radical (unpaired) electrons. The Labute approximate surface area is 180 Å². The zero-order valence-electron chi connectivity index (χ0n) is 16.1. The molecule has 0 aliphatic rings. The number of ether oxygens (including phenoxy) is 1. The molecule has 2 aromatic carbocycles. The molecular formula is C23H17N3O2S2. The van der Waals surface area contributed by atoms with Gasteiger partial charge in [0.1, 0.15) is 15.6 Å². The Bertz CT molecular complexity index is 1370. The minimum Gasteiger partial charge on any atom is -0.497 e. The van der Waals surface area contributed by atoms with E-state index in [1.54, 1.807) is 29.3 Å². The van der Waals surface area contributed by atoms with Crippen LogP contribution >= 0.6 is 22.7 Å². The van der Waals surface area contributed by atoms with E-state index >= 15 is 0 Å². The monoisotopic (exact) mass is 431 g/mol. The maximum atomic E-state index is 13.0. The van der Waals surface area contributed by atoms with Crippen molar-refractivity contribution in [3.63, 3.8) is 0 Å². The zero-order valence-corrected chi connectivity index (χ0v) is 17.7. The first-order chi connectivity index (χ1) is 14.7. The van der Waals surface area contributed by atoms with Crippen LogP contribution in [0.4, 0.5) is 0 Å². The molecule has 0 amide bonds. The molecule has 5 nitrogen and oxygen atoms in total. The van der Waals surface area contributed by atoms with E-state index in [2.05, 4.69) is 4.98 Å². The van der Waals surface area contributed by atoms with Crippen molar-refractivity contribution < 1.29 is 4.74 Å². The number of aromatic nitrogens is 3. The van der Waals surface area contributed by atoms with Crippen LogP contribution in [0, 0.1) is 0 Å². The molecule has 0 aliphatic heterocycles. The summed E-state index contributed by atoms with van der Waals surface area (Å²) in [4.78, 5) is 24.0. The van der Waals surface area contributed by atoms with Crippen LogP contribution < -0.4 is 10.3 Å². The van der Waals surface area contributed by atoms with Crippen LogP contribution in [0.1, 0.15) is 5.69 Å². The van der Waals surface area contributed by atoms with Gasteiger partial charge in [0.15, 0.2) is 0 Å². The molecule has 0 N–H and O–H groups in total. The molecule has 30 heavy (non-hydrogen) atoms. The van der Waals surface area contributed by atoms with Gasteiger partial charge in [-0.25, -0.2) is 9.97 Å². The van der Waals surface area contributed by atoms with Gasteiger partial charge in [-0.1, -0.05) is 30.3 Å². The number of thiazole rings is 1. The van der Waals surface area contributed by atoms with Gasteiger partial charge in [0.2, 0.25) is 0 Å². The van der Waals surface area contributed by atoms with E-state index in [0.29, 0.717) is 11.9 Å². The van der Waals surface area contributed by atoms with Crippen molar-refractivity contribution >= 4 is 32.9 Å². The Morgan fingerprint density at radius 1 is 1.03 bits per heavy atom. The number of hydrogen-bond donors (Lipinski definition) is 0. The SMILES string of the molecule is COc1ccc(-c2nc(Cn3cnc4sc(-c5ccccc5)cc4c3=O)cs2)cc1. The summed E-state index contributed by atoms with van der Waals surface area (Å²) in [5.41, 5.74) is 2.92. The number of rotatable bonds is 5. The third kappa shape index (κ3) is 3.53. The van der Waals surface area contributed by atoms with Gasteiger partial charge in [-0.05, 0) is 35.9 Å². The molecule has 3 heterocycles. The molecule has 0 saturated heterocycles. The quantitative estimate of drug-likeness (QED) is 0.379. The Kier molecular flexibility index (Phi) is 4.90. The summed E-state index contributed by atoms with van der Waals surface area (Å²) < 4.78 is 6.83. The van der Waals surface area contributed by atoms with Crippen molar-refractivity contribution in [3.05, 3.63) is 88.4 Å². The van der Waals surface area contributed by atoms with Gasteiger partial charge in [0.25, 0.3) is 5.56 Å². The van der Waals surface area contributed by atoms with Crippen molar-refractivity contribution in [2.75, 3.05) is 7.11 Å². The minimum atomic E-state index is -0.0440. The molecule has 3 aromatic heterocycles. The molecular weight excluding hydrogens is 414 g/mol. The van der Waals surface area contributed by atoms with Crippen LogP contribution in [0.15, 0.2) is 77.2 Å². The number of thiophene rings is 1. The fourth-order valence-corrected chi connectivity index (χ4v) is 5.05. The normalized spacial score (nSPS) is 11.1. The summed E-state index contributed by atoms with van der Waals surface area (Å²) in [6, 6.07) is 19.8. The predicted octanol–water partition coefficient (Wildman–Crippen LogP) is 5.31. The van der Waals surface area contributed by atoms with E-state index in [-0.39, 0.29) is 5.56 Å². The molecule has 0 bridgehead atoms. The Hall–Kier alpha value is -3.29. The lowest BCUT2D eigenvalue weighted by atomic mass is 10.2. The van der Waals surface area contributed by atoms with Crippen LogP contribution in [0.3, 0.4) is 0 Å². The standard InChI is InChI=1S/C23H17N3O2S2/c1-28-18-9-7-16(8-10-18)21-25-17(13-29-21)12-26-14-24-22-19(23(26)27)11-20(30-22)15-5-3-2-4-6-15/h2-11,13-14H,12H2,1H3. The number of methoxy groups -OCH3 is 1. The van der Waals surface area contributed by atoms with Crippen molar-refractivity contribution in [2.24, 2.45) is 0 Å². The largest absolute Gasteiger partial charge is 0.497 e. The van der Waals surface area contributed by atoms with Crippen molar-refractivity contribution in [2.45, 2.75) is 6.54 Å². The second-order valence-electron chi connectivity index (χ2n) is 6.75. The number of hydrogen-bond acceptors (Lipinski definition) is 6. The average molecular weight is 432 g/mol. The predicted molar refractivity (Wildman–Crippen MR) is 123 cm³/mol. The fraction of sp³-hybridized carbons (Fsp3) is 0.0870. The van der Waals surface area contributed by atoms with Crippen LogP contribution in [0.2, 0.25) is 0 Å². The summed E-state index contributed by atoms with van der Waals surface area (Å²) in [6.45, 7) is 0.394. The second kappa shape index (κ2) is 7.85. The van der Waals surface area contributed by atoms with Gasteiger partial charge < -0.3 is 4.74 Å². The van der Waals surface area contributed by atoms with Crippen LogP contribution in [0.5, 0.6) is 5.75 Å². The molecule has 0 unspecified atom stereocenters. The van der Waals surface area contributed by atoms with Gasteiger partial charge in [-0.2, -0.15) is 0 Å². The maximum absolute atomic E-state index is 13.0. The van der Waals surface area contributed by atoms with Crippen LogP contribution in [0.25, 0.3) is 31.2 Å². The highest BCUT2D eigenvalue weighted by Crippen LogP contribution is 2.31. The molecule has 148 valence electrons. The topological polar surface area (TPSA) is 57.0 Å². The summed E-state index contributed by atoms with van der Waals surface area (Å²) in [5.74, 6) is 0.812. The van der Waals surface area contributed by atoms with Crippen molar-refractivity contribution in [1.29, 1.82) is 0 Å².